The van der Waals surface area contributed by atoms with Crippen molar-refractivity contribution in [2.45, 2.75) is 37.9 Å². The average Bonchev–Trinajstić information content (AvgIpc) is 2.98. The van der Waals surface area contributed by atoms with Gasteiger partial charge in [-0.3, -0.25) is 14.2 Å². The van der Waals surface area contributed by atoms with E-state index in [0.717, 1.165) is 9.69 Å². The summed E-state index contributed by atoms with van der Waals surface area (Å²) < 4.78 is 22.7. The second-order valence-corrected chi connectivity index (χ2v) is 7.74. The lowest BCUT2D eigenvalue weighted by Crippen LogP contribution is -2.52. The van der Waals surface area contributed by atoms with Gasteiger partial charge in [0.15, 0.2) is 0 Å². The molecule has 162 valence electrons. The van der Waals surface area contributed by atoms with E-state index in [1.807, 2.05) is 4.90 Å². The van der Waals surface area contributed by atoms with Crippen molar-refractivity contribution in [3.8, 4) is 5.75 Å². The van der Waals surface area contributed by atoms with Crippen LogP contribution in [0.1, 0.15) is 25.7 Å². The Bertz CT molecular complexity index is 1050. The second-order valence-electron chi connectivity index (χ2n) is 7.74. The molecule has 2 fully saturated rings. The van der Waals surface area contributed by atoms with Gasteiger partial charge in [-0.15, -0.1) is 0 Å². The number of aryl methyl sites for hydroxylation is 1. The molecule has 1 N–H and O–H groups in total. The zero-order chi connectivity index (χ0) is 21.6. The summed E-state index contributed by atoms with van der Waals surface area (Å²) in [5, 5.41) is 3.93. The van der Waals surface area contributed by atoms with E-state index in [1.165, 1.54) is 11.7 Å². The summed E-state index contributed by atoms with van der Waals surface area (Å²) in [5.41, 5.74) is 0.987. The number of methoxy groups -OCH3 is 1. The Morgan fingerprint density at radius 2 is 1.87 bits per heavy atom. The fourth-order valence-electron chi connectivity index (χ4n) is 4.45. The smallest absolute Gasteiger partial charge is 0.348 e. The molecule has 0 bridgehead atoms. The number of halogens is 1. The van der Waals surface area contributed by atoms with Gasteiger partial charge in [0.1, 0.15) is 17.6 Å². The highest BCUT2D eigenvalue weighted by Gasteiger charge is 2.35. The standard InChI is InChI=1S/C20H26FN5O4/c1-22-13-9-10-24(11-12(13)21)19-15(30-3)8-7-14-18(19)23(2)20(29)25(14)26-16(27)5-4-6-17(26)28/h7-8,12-13,22H,4-6,9-11H2,1-3H3. The molecule has 2 aromatic rings. The maximum absolute atomic E-state index is 14.7. The van der Waals surface area contributed by atoms with Crippen LogP contribution in [0.3, 0.4) is 0 Å². The molecule has 2 aliphatic rings. The fraction of sp³-hybridized carbons (Fsp3) is 0.550. The molecule has 1 aromatic heterocycles. The first-order valence-electron chi connectivity index (χ1n) is 10.1. The lowest BCUT2D eigenvalue weighted by molar-refractivity contribution is -0.131. The molecule has 2 amide bonds. The number of rotatable bonds is 4. The molecule has 4 rings (SSSR count). The molecule has 2 unspecified atom stereocenters. The predicted octanol–water partition coefficient (Wildman–Crippen LogP) is 0.660. The highest BCUT2D eigenvalue weighted by atomic mass is 19.1. The molecule has 2 saturated heterocycles. The van der Waals surface area contributed by atoms with Crippen molar-refractivity contribution < 1.29 is 18.7 Å². The maximum atomic E-state index is 14.7. The van der Waals surface area contributed by atoms with E-state index < -0.39 is 23.7 Å². The zero-order valence-corrected chi connectivity index (χ0v) is 17.4. The van der Waals surface area contributed by atoms with E-state index in [-0.39, 0.29) is 25.4 Å². The summed E-state index contributed by atoms with van der Waals surface area (Å²) in [6, 6.07) is 3.11. The molecule has 1 aromatic carbocycles. The van der Waals surface area contributed by atoms with Crippen LogP contribution in [0, 0.1) is 0 Å². The van der Waals surface area contributed by atoms with Gasteiger partial charge < -0.3 is 15.0 Å². The number of anilines is 1. The molecule has 0 spiro atoms. The fourth-order valence-corrected chi connectivity index (χ4v) is 4.45. The van der Waals surface area contributed by atoms with E-state index in [2.05, 4.69) is 5.32 Å². The Balaban J connectivity index is 1.90. The van der Waals surface area contributed by atoms with Gasteiger partial charge in [-0.2, -0.15) is 9.69 Å². The third-order valence-corrected chi connectivity index (χ3v) is 6.03. The number of imidazole rings is 1. The average molecular weight is 419 g/mol. The quantitative estimate of drug-likeness (QED) is 0.733. The van der Waals surface area contributed by atoms with Crippen LogP contribution in [0.25, 0.3) is 11.0 Å². The SMILES string of the molecule is CNC1CCN(c2c(OC)ccc3c2n(C)c(=O)n3N2C(=O)CCCC2=O)CC1F. The highest BCUT2D eigenvalue weighted by molar-refractivity contribution is 6.11. The number of piperidine rings is 2. The first kappa shape index (κ1) is 20.4. The van der Waals surface area contributed by atoms with Gasteiger partial charge in [-0.25, -0.2) is 9.18 Å². The third kappa shape index (κ3) is 3.06. The molecule has 2 atom stereocenters. The Hall–Kier alpha value is -2.88. The molecule has 0 saturated carbocycles. The number of hydrogen-bond acceptors (Lipinski definition) is 6. The van der Waals surface area contributed by atoms with Gasteiger partial charge in [0, 0.05) is 32.5 Å². The Kier molecular flexibility index (Phi) is 5.27. The van der Waals surface area contributed by atoms with Crippen molar-refractivity contribution in [3.63, 3.8) is 0 Å². The van der Waals surface area contributed by atoms with Gasteiger partial charge in [0.2, 0.25) is 11.8 Å². The van der Waals surface area contributed by atoms with Crippen molar-refractivity contribution in [2.24, 2.45) is 7.05 Å². The van der Waals surface area contributed by atoms with E-state index in [4.69, 9.17) is 4.74 Å². The first-order valence-corrected chi connectivity index (χ1v) is 10.1. The first-order chi connectivity index (χ1) is 14.4. The summed E-state index contributed by atoms with van der Waals surface area (Å²) in [4.78, 5) is 39.9. The normalized spacial score (nSPS) is 22.8. The van der Waals surface area contributed by atoms with Gasteiger partial charge in [0.05, 0.1) is 24.7 Å². The Morgan fingerprint density at radius 1 is 1.17 bits per heavy atom. The molecular weight excluding hydrogens is 393 g/mol. The van der Waals surface area contributed by atoms with E-state index in [1.54, 1.807) is 26.2 Å². The minimum atomic E-state index is -1.09. The number of nitrogens with zero attached hydrogens (tertiary/aromatic N) is 4. The molecular formula is C20H26FN5O4. The number of ether oxygens (including phenoxy) is 1. The number of fused-ring (bicyclic) bond motifs is 1. The highest BCUT2D eigenvalue weighted by Crippen LogP contribution is 2.38. The van der Waals surface area contributed by atoms with Crippen LogP contribution in [0.2, 0.25) is 0 Å². The Labute approximate surface area is 172 Å². The van der Waals surface area contributed by atoms with Crippen molar-refractivity contribution >= 4 is 28.5 Å². The molecule has 0 radical (unpaired) electrons. The number of nitrogens with one attached hydrogen (secondary N) is 1. The van der Waals surface area contributed by atoms with E-state index in [9.17, 15) is 18.8 Å². The van der Waals surface area contributed by atoms with Crippen LogP contribution in [-0.2, 0) is 16.6 Å². The van der Waals surface area contributed by atoms with Crippen LogP contribution in [-0.4, -0.2) is 60.5 Å². The van der Waals surface area contributed by atoms with Crippen molar-refractivity contribution in [1.82, 2.24) is 14.6 Å². The zero-order valence-electron chi connectivity index (χ0n) is 17.4. The van der Waals surface area contributed by atoms with Gasteiger partial charge in [-0.05, 0) is 32.0 Å². The molecule has 10 heteroatoms. The number of amides is 2. The van der Waals surface area contributed by atoms with E-state index in [0.29, 0.717) is 41.9 Å². The summed E-state index contributed by atoms with van der Waals surface area (Å²) in [7, 11) is 4.84. The van der Waals surface area contributed by atoms with Gasteiger partial charge in [0.25, 0.3) is 0 Å². The van der Waals surface area contributed by atoms with Crippen molar-refractivity contribution in [3.05, 3.63) is 22.6 Å². The van der Waals surface area contributed by atoms with Crippen LogP contribution < -0.4 is 25.7 Å². The predicted molar refractivity (Wildman–Crippen MR) is 110 cm³/mol. The number of benzene rings is 1. The van der Waals surface area contributed by atoms with Gasteiger partial charge in [-0.1, -0.05) is 0 Å². The molecule has 2 aliphatic heterocycles. The lowest BCUT2D eigenvalue weighted by atomic mass is 10.0. The number of aromatic nitrogens is 2. The minimum Gasteiger partial charge on any atom is -0.494 e. The van der Waals surface area contributed by atoms with Crippen molar-refractivity contribution in [2.75, 3.05) is 37.2 Å². The summed E-state index contributed by atoms with van der Waals surface area (Å²) in [6.07, 6.45) is 0.394. The molecule has 9 nitrogen and oxygen atoms in total. The van der Waals surface area contributed by atoms with E-state index >= 15 is 0 Å². The largest absolute Gasteiger partial charge is 0.494 e. The lowest BCUT2D eigenvalue weighted by Gasteiger charge is -2.36. The number of imide groups is 1. The maximum Gasteiger partial charge on any atom is 0.348 e. The second kappa shape index (κ2) is 7.75. The van der Waals surface area contributed by atoms with Crippen LogP contribution in [0.15, 0.2) is 16.9 Å². The third-order valence-electron chi connectivity index (χ3n) is 6.03. The van der Waals surface area contributed by atoms with Crippen molar-refractivity contribution in [1.29, 1.82) is 0 Å². The summed E-state index contributed by atoms with van der Waals surface area (Å²) >= 11 is 0. The van der Waals surface area contributed by atoms with Crippen LogP contribution >= 0.6 is 0 Å². The minimum absolute atomic E-state index is 0.141. The van der Waals surface area contributed by atoms with Gasteiger partial charge >= 0.3 is 5.69 Å². The number of carbonyl (C=O) groups is 2. The summed E-state index contributed by atoms with van der Waals surface area (Å²) in [5.74, 6) is -0.310. The molecule has 30 heavy (non-hydrogen) atoms. The Morgan fingerprint density at radius 3 is 2.47 bits per heavy atom. The van der Waals surface area contributed by atoms with Crippen LogP contribution in [0.4, 0.5) is 10.1 Å². The monoisotopic (exact) mass is 419 g/mol. The van der Waals surface area contributed by atoms with Crippen LogP contribution in [0.5, 0.6) is 5.75 Å². The molecule has 3 heterocycles. The summed E-state index contributed by atoms with van der Waals surface area (Å²) in [6.45, 7) is 0.713. The molecule has 0 aliphatic carbocycles. The number of alkyl halides is 1. The topological polar surface area (TPSA) is 88.8 Å². The number of hydrogen-bond donors (Lipinski definition) is 1. The number of carbonyl (C=O) groups excluding carboxylic acids is 2.